The lowest BCUT2D eigenvalue weighted by molar-refractivity contribution is -0.138. The number of nitrogens with zero attached hydrogens (tertiary/aromatic N) is 4. The number of ketones is 1. The molecule has 2 aromatic heterocycles. The lowest BCUT2D eigenvalue weighted by atomic mass is 10.0. The predicted molar refractivity (Wildman–Crippen MR) is 135 cm³/mol. The van der Waals surface area contributed by atoms with Gasteiger partial charge in [0.1, 0.15) is 30.4 Å². The Morgan fingerprint density at radius 1 is 1.11 bits per heavy atom. The Morgan fingerprint density at radius 3 is 2.46 bits per heavy atom. The van der Waals surface area contributed by atoms with E-state index in [0.29, 0.717) is 27.9 Å². The number of nitrogens with one attached hydrogen (secondary N) is 1. The average molecular weight is 510 g/mol. The van der Waals surface area contributed by atoms with E-state index in [1.165, 1.54) is 11.8 Å². The molecule has 0 saturated carbocycles. The number of hydrogen-bond acceptors (Lipinski definition) is 5. The fraction of sp³-hybridized carbons (Fsp3) is 0.370. The third kappa shape index (κ3) is 5.58. The Hall–Kier alpha value is -3.95. The molecule has 1 aliphatic heterocycles. The van der Waals surface area contributed by atoms with Crippen molar-refractivity contribution in [1.29, 1.82) is 0 Å². The van der Waals surface area contributed by atoms with Crippen LogP contribution < -0.4 is 5.32 Å². The van der Waals surface area contributed by atoms with Crippen molar-refractivity contribution in [3.05, 3.63) is 59.6 Å². The molecule has 37 heavy (non-hydrogen) atoms. The van der Waals surface area contributed by atoms with Gasteiger partial charge in [0.2, 0.25) is 11.8 Å². The highest BCUT2D eigenvalue weighted by Crippen LogP contribution is 2.29. The number of carbonyl (C=O) groups is 3. The van der Waals surface area contributed by atoms with Gasteiger partial charge in [-0.2, -0.15) is 0 Å². The molecule has 3 aromatic rings. The number of fused-ring (bicyclic) bond motifs is 1. The number of halogens is 2. The van der Waals surface area contributed by atoms with Crippen LogP contribution in [0.1, 0.15) is 43.4 Å². The summed E-state index contributed by atoms with van der Waals surface area (Å²) in [6, 6.07) is 4.47. The van der Waals surface area contributed by atoms with Crippen LogP contribution in [0.4, 0.5) is 8.78 Å². The van der Waals surface area contributed by atoms with Gasteiger partial charge in [0.05, 0.1) is 13.1 Å². The third-order valence-corrected chi connectivity index (χ3v) is 6.51. The van der Waals surface area contributed by atoms with E-state index in [2.05, 4.69) is 15.3 Å². The van der Waals surface area contributed by atoms with Crippen molar-refractivity contribution in [2.24, 2.45) is 0 Å². The maximum atomic E-state index is 14.3. The Morgan fingerprint density at radius 2 is 1.81 bits per heavy atom. The van der Waals surface area contributed by atoms with E-state index in [1.807, 2.05) is 12.1 Å². The maximum Gasteiger partial charge on any atom is 0.243 e. The van der Waals surface area contributed by atoms with E-state index < -0.39 is 29.9 Å². The van der Waals surface area contributed by atoms with Gasteiger partial charge in [0.15, 0.2) is 5.78 Å². The zero-order valence-corrected chi connectivity index (χ0v) is 21.2. The number of likely N-dealkylation sites (tertiary alicyclic amines) is 1. The van der Waals surface area contributed by atoms with Crippen LogP contribution in [0.25, 0.3) is 22.0 Å². The predicted octanol–water partition coefficient (Wildman–Crippen LogP) is 3.93. The zero-order valence-electron chi connectivity index (χ0n) is 21.2. The molecule has 4 rings (SSSR count). The number of amides is 2. The Balaban J connectivity index is 1.59. The van der Waals surface area contributed by atoms with E-state index in [4.69, 9.17) is 0 Å². The number of allylic oxidation sites excluding steroid dienone is 1. The van der Waals surface area contributed by atoms with Gasteiger partial charge in [0.25, 0.3) is 0 Å². The molecule has 10 heteroatoms. The zero-order chi connectivity index (χ0) is 26.9. The Kier molecular flexibility index (Phi) is 7.47. The van der Waals surface area contributed by atoms with Crippen molar-refractivity contribution in [1.82, 2.24) is 24.8 Å². The number of Topliss-reactive ketones (excluding diaryl/α,β-unsaturated/α-hetero) is 1. The van der Waals surface area contributed by atoms with E-state index in [0.717, 1.165) is 11.1 Å². The molecule has 0 aliphatic carbocycles. The topological polar surface area (TPSA) is 97.2 Å². The number of hydrogen-bond donors (Lipinski definition) is 1. The van der Waals surface area contributed by atoms with Crippen molar-refractivity contribution < 1.29 is 23.2 Å². The number of carbonyl (C=O) groups excluding carboxylic acids is 3. The number of rotatable bonds is 7. The van der Waals surface area contributed by atoms with Gasteiger partial charge in [-0.25, -0.2) is 18.7 Å². The van der Waals surface area contributed by atoms with Crippen LogP contribution in [0.2, 0.25) is 0 Å². The summed E-state index contributed by atoms with van der Waals surface area (Å²) in [7, 11) is 0. The van der Waals surface area contributed by atoms with Gasteiger partial charge in [-0.1, -0.05) is 6.07 Å². The summed E-state index contributed by atoms with van der Waals surface area (Å²) in [6.45, 7) is 5.68. The van der Waals surface area contributed by atoms with E-state index in [9.17, 15) is 23.2 Å². The minimum Gasteiger partial charge on any atom is -0.348 e. The Labute approximate surface area is 213 Å². The summed E-state index contributed by atoms with van der Waals surface area (Å²) in [4.78, 5) is 47.9. The van der Waals surface area contributed by atoms with Crippen LogP contribution in [0, 0.1) is 6.92 Å². The fourth-order valence-corrected chi connectivity index (χ4v) is 4.43. The van der Waals surface area contributed by atoms with Gasteiger partial charge in [-0.05, 0) is 51.0 Å². The first-order valence-electron chi connectivity index (χ1n) is 12.0. The van der Waals surface area contributed by atoms with Crippen LogP contribution in [0.5, 0.6) is 0 Å². The summed E-state index contributed by atoms with van der Waals surface area (Å²) in [5.74, 6) is -1.07. The third-order valence-electron chi connectivity index (χ3n) is 6.51. The molecule has 1 fully saturated rings. The monoisotopic (exact) mass is 509 g/mol. The number of alkyl halides is 1. The van der Waals surface area contributed by atoms with Crippen molar-refractivity contribution in [3.63, 3.8) is 0 Å². The first kappa shape index (κ1) is 26.1. The molecule has 194 valence electrons. The summed E-state index contributed by atoms with van der Waals surface area (Å²) < 4.78 is 29.8. The molecule has 8 nitrogen and oxygen atoms in total. The minimum absolute atomic E-state index is 0.152. The molecule has 0 unspecified atom stereocenters. The number of aromatic nitrogens is 3. The second-order valence-corrected chi connectivity index (χ2v) is 9.50. The van der Waals surface area contributed by atoms with Crippen molar-refractivity contribution >= 4 is 28.5 Å². The summed E-state index contributed by atoms with van der Waals surface area (Å²) in [6.07, 6.45) is 3.49. The SMILES string of the molecule is CC(=O)c1cn(CC(=O)N2C[C@H](F)C[C@H]2C(=O)NCC(F)=C(C)C)c2ccc(-c3cnc(C)nc3)cc12. The molecular weight excluding hydrogens is 480 g/mol. The van der Waals surface area contributed by atoms with Crippen molar-refractivity contribution in [2.45, 2.75) is 52.9 Å². The standard InChI is InChI=1S/C27H29F2N5O3/c1-15(2)23(29)11-32-27(37)25-8-20(28)12-34(25)26(36)14-33-13-22(16(3)35)21-7-18(5-6-24(21)33)19-9-30-17(4)31-10-19/h5-7,9-10,13,20,25H,8,11-12,14H2,1-4H3,(H,32,37)/t20-,25+/m1/s1. The first-order chi connectivity index (χ1) is 17.5. The van der Waals surface area contributed by atoms with Crippen LogP contribution in [-0.2, 0) is 16.1 Å². The second kappa shape index (κ2) is 10.6. The van der Waals surface area contributed by atoms with Gasteiger partial charge in [-0.3, -0.25) is 14.4 Å². The molecule has 2 atom stereocenters. The highest BCUT2D eigenvalue weighted by Gasteiger charge is 2.39. The van der Waals surface area contributed by atoms with Gasteiger partial charge < -0.3 is 14.8 Å². The molecule has 0 bridgehead atoms. The van der Waals surface area contributed by atoms with Crippen LogP contribution >= 0.6 is 0 Å². The molecule has 3 heterocycles. The van der Waals surface area contributed by atoms with Crippen molar-refractivity contribution in [3.8, 4) is 11.1 Å². The molecule has 0 radical (unpaired) electrons. The normalized spacial score (nSPS) is 17.2. The summed E-state index contributed by atoms with van der Waals surface area (Å²) in [5, 5.41) is 3.12. The lowest BCUT2D eigenvalue weighted by Gasteiger charge is -2.24. The first-order valence-corrected chi connectivity index (χ1v) is 12.0. The smallest absolute Gasteiger partial charge is 0.243 e. The number of benzene rings is 1. The van der Waals surface area contributed by atoms with Crippen LogP contribution in [0.15, 0.2) is 48.2 Å². The second-order valence-electron chi connectivity index (χ2n) is 9.50. The van der Waals surface area contributed by atoms with Crippen LogP contribution in [0.3, 0.4) is 0 Å². The molecule has 2 amide bonds. The van der Waals surface area contributed by atoms with Crippen LogP contribution in [-0.4, -0.2) is 62.3 Å². The average Bonchev–Trinajstić information content (AvgIpc) is 3.43. The fourth-order valence-electron chi connectivity index (χ4n) is 4.43. The molecule has 0 spiro atoms. The Bertz CT molecular complexity index is 1390. The minimum atomic E-state index is -1.36. The highest BCUT2D eigenvalue weighted by molar-refractivity contribution is 6.08. The van der Waals surface area contributed by atoms with Gasteiger partial charge in [0, 0.05) is 47.0 Å². The van der Waals surface area contributed by atoms with E-state index >= 15 is 0 Å². The highest BCUT2D eigenvalue weighted by atomic mass is 19.1. The van der Waals surface area contributed by atoms with E-state index in [1.54, 1.807) is 50.0 Å². The summed E-state index contributed by atoms with van der Waals surface area (Å²) in [5.41, 5.74) is 3.13. The molecular formula is C27H29F2N5O3. The molecule has 1 saturated heterocycles. The van der Waals surface area contributed by atoms with Crippen molar-refractivity contribution in [2.75, 3.05) is 13.1 Å². The molecule has 1 aromatic carbocycles. The lowest BCUT2D eigenvalue weighted by Crippen LogP contribution is -2.47. The van der Waals surface area contributed by atoms with Gasteiger partial charge >= 0.3 is 0 Å². The largest absolute Gasteiger partial charge is 0.348 e. The molecule has 1 N–H and O–H groups in total. The molecule has 1 aliphatic rings. The van der Waals surface area contributed by atoms with Gasteiger partial charge in [-0.15, -0.1) is 0 Å². The maximum absolute atomic E-state index is 14.3. The summed E-state index contributed by atoms with van der Waals surface area (Å²) >= 11 is 0. The number of aryl methyl sites for hydroxylation is 1. The van der Waals surface area contributed by atoms with E-state index in [-0.39, 0.29) is 31.8 Å². The quantitative estimate of drug-likeness (QED) is 0.487.